The summed E-state index contributed by atoms with van der Waals surface area (Å²) in [7, 11) is 0. The Kier molecular flexibility index (Phi) is 7.50. The van der Waals surface area contributed by atoms with Crippen LogP contribution in [0.3, 0.4) is 0 Å². The van der Waals surface area contributed by atoms with Crippen LogP contribution in [0.5, 0.6) is 0 Å². The average molecular weight is 433 g/mol. The van der Waals surface area contributed by atoms with Gasteiger partial charge >= 0.3 is 5.97 Å². The molecule has 0 saturated carbocycles. The number of thiazole rings is 1. The number of carbonyl (C=O) groups is 3. The largest absolute Gasteiger partial charge is 0.481 e. The fraction of sp³-hybridized carbons (Fsp3) is 0.400. The van der Waals surface area contributed by atoms with Crippen LogP contribution in [0.2, 0.25) is 0 Å². The van der Waals surface area contributed by atoms with E-state index in [-0.39, 0.29) is 24.4 Å². The summed E-state index contributed by atoms with van der Waals surface area (Å²) in [6.45, 7) is 1.79. The van der Waals surface area contributed by atoms with Crippen molar-refractivity contribution in [3.8, 4) is 10.6 Å². The van der Waals surface area contributed by atoms with Gasteiger partial charge in [-0.3, -0.25) is 14.4 Å². The Morgan fingerprint density at radius 3 is 2.53 bits per heavy atom. The Bertz CT molecular complexity index is 896. The molecule has 0 radical (unpaired) electrons. The van der Waals surface area contributed by atoms with E-state index in [1.54, 1.807) is 4.90 Å². The molecule has 1 aliphatic rings. The molecule has 1 aromatic carbocycles. The summed E-state index contributed by atoms with van der Waals surface area (Å²) in [4.78, 5) is 43.1. The number of piperazine rings is 1. The maximum absolute atomic E-state index is 12.9. The number of aliphatic hydroxyl groups excluding tert-OH is 1. The first kappa shape index (κ1) is 21.9. The summed E-state index contributed by atoms with van der Waals surface area (Å²) in [5.74, 6) is -1.92. The molecule has 1 saturated heterocycles. The first-order valence-corrected chi connectivity index (χ1v) is 10.5. The maximum Gasteiger partial charge on any atom is 0.303 e. The number of rotatable bonds is 8. The number of aryl methyl sites for hydroxylation is 1. The molecule has 1 fully saturated rings. The van der Waals surface area contributed by atoms with Gasteiger partial charge in [-0.25, -0.2) is 4.98 Å². The molecule has 2 aromatic rings. The number of aliphatic hydroxyl groups is 1. The lowest BCUT2D eigenvalue weighted by atomic mass is 10.2. The van der Waals surface area contributed by atoms with Crippen LogP contribution in [-0.4, -0.2) is 76.7 Å². The molecule has 0 spiro atoms. The SMILES string of the molecule is O=C(O)CCc1sc(-c2ccccc2)nc1C(=O)NC(CO)C(=O)N1CCNCC1. The minimum absolute atomic E-state index is 0.0895. The number of hydrogen-bond donors (Lipinski definition) is 4. The van der Waals surface area contributed by atoms with E-state index in [0.29, 0.717) is 36.1 Å². The molecule has 2 heterocycles. The lowest BCUT2D eigenvalue weighted by Crippen LogP contribution is -2.55. The van der Waals surface area contributed by atoms with Gasteiger partial charge in [0.25, 0.3) is 5.91 Å². The van der Waals surface area contributed by atoms with Crippen LogP contribution in [0.1, 0.15) is 21.8 Å². The molecule has 2 amide bonds. The van der Waals surface area contributed by atoms with Crippen molar-refractivity contribution >= 4 is 29.1 Å². The normalized spacial score (nSPS) is 14.9. The Morgan fingerprint density at radius 2 is 1.90 bits per heavy atom. The van der Waals surface area contributed by atoms with E-state index in [9.17, 15) is 19.5 Å². The van der Waals surface area contributed by atoms with Crippen LogP contribution < -0.4 is 10.6 Å². The molecular formula is C20H24N4O5S. The minimum Gasteiger partial charge on any atom is -0.481 e. The van der Waals surface area contributed by atoms with E-state index >= 15 is 0 Å². The van der Waals surface area contributed by atoms with Gasteiger partial charge in [-0.15, -0.1) is 11.3 Å². The molecular weight excluding hydrogens is 408 g/mol. The molecule has 4 N–H and O–H groups in total. The molecule has 1 aliphatic heterocycles. The smallest absolute Gasteiger partial charge is 0.303 e. The Hall–Kier alpha value is -2.82. The summed E-state index contributed by atoms with van der Waals surface area (Å²) < 4.78 is 0. The standard InChI is InChI=1S/C20H24N4O5S/c25-12-14(20(29)24-10-8-21-9-11-24)22-18(28)17-15(6-7-16(26)27)30-19(23-17)13-4-2-1-3-5-13/h1-5,14,21,25H,6-12H2,(H,22,28)(H,26,27). The number of carboxylic acids is 1. The third-order valence-electron chi connectivity index (χ3n) is 4.71. The van der Waals surface area contributed by atoms with E-state index in [0.717, 1.165) is 5.56 Å². The van der Waals surface area contributed by atoms with Crippen molar-refractivity contribution in [2.24, 2.45) is 0 Å². The van der Waals surface area contributed by atoms with Gasteiger partial charge in [0.05, 0.1) is 13.0 Å². The number of carboxylic acid groups (broad SMARTS) is 1. The summed E-state index contributed by atoms with van der Waals surface area (Å²) in [5, 5.41) is 25.0. The van der Waals surface area contributed by atoms with Gasteiger partial charge in [-0.05, 0) is 6.42 Å². The molecule has 9 nitrogen and oxygen atoms in total. The van der Waals surface area contributed by atoms with Gasteiger partial charge in [0, 0.05) is 36.6 Å². The van der Waals surface area contributed by atoms with Gasteiger partial charge in [-0.2, -0.15) is 0 Å². The van der Waals surface area contributed by atoms with E-state index in [2.05, 4.69) is 15.6 Å². The number of amides is 2. The second-order valence-corrected chi connectivity index (χ2v) is 7.92. The zero-order valence-corrected chi connectivity index (χ0v) is 17.2. The minimum atomic E-state index is -1.08. The number of carbonyl (C=O) groups excluding carboxylic acids is 2. The van der Waals surface area contributed by atoms with Gasteiger partial charge in [-0.1, -0.05) is 30.3 Å². The van der Waals surface area contributed by atoms with Crippen molar-refractivity contribution < 1.29 is 24.6 Å². The first-order chi connectivity index (χ1) is 14.5. The molecule has 160 valence electrons. The number of nitrogens with zero attached hydrogens (tertiary/aromatic N) is 2. The first-order valence-electron chi connectivity index (χ1n) is 9.67. The third kappa shape index (κ3) is 5.41. The van der Waals surface area contributed by atoms with Crippen LogP contribution in [0.4, 0.5) is 0 Å². The summed E-state index contributed by atoms with van der Waals surface area (Å²) in [5.41, 5.74) is 0.903. The monoisotopic (exact) mass is 432 g/mol. The fourth-order valence-electron chi connectivity index (χ4n) is 3.14. The summed E-state index contributed by atoms with van der Waals surface area (Å²) in [6, 6.07) is 8.19. The van der Waals surface area contributed by atoms with Crippen LogP contribution in [0.15, 0.2) is 30.3 Å². The predicted molar refractivity (Wildman–Crippen MR) is 111 cm³/mol. The van der Waals surface area contributed by atoms with Gasteiger partial charge < -0.3 is 25.7 Å². The van der Waals surface area contributed by atoms with Crippen LogP contribution in [-0.2, 0) is 16.0 Å². The van der Waals surface area contributed by atoms with Gasteiger partial charge in [0.2, 0.25) is 5.91 Å². The molecule has 3 rings (SSSR count). The van der Waals surface area contributed by atoms with Crippen molar-refractivity contribution in [1.82, 2.24) is 20.5 Å². The second-order valence-electron chi connectivity index (χ2n) is 6.83. The van der Waals surface area contributed by atoms with Crippen molar-refractivity contribution in [3.63, 3.8) is 0 Å². The van der Waals surface area contributed by atoms with Crippen molar-refractivity contribution in [3.05, 3.63) is 40.9 Å². The predicted octanol–water partition coefficient (Wildman–Crippen LogP) is 0.350. The van der Waals surface area contributed by atoms with E-state index in [1.807, 2.05) is 30.3 Å². The molecule has 0 bridgehead atoms. The van der Waals surface area contributed by atoms with Crippen LogP contribution >= 0.6 is 11.3 Å². The summed E-state index contributed by atoms with van der Waals surface area (Å²) in [6.07, 6.45) is 0.0119. The van der Waals surface area contributed by atoms with E-state index in [1.165, 1.54) is 11.3 Å². The second kappa shape index (κ2) is 10.3. The van der Waals surface area contributed by atoms with Crippen LogP contribution in [0.25, 0.3) is 10.6 Å². The number of aromatic nitrogens is 1. The number of nitrogens with one attached hydrogen (secondary N) is 2. The topological polar surface area (TPSA) is 132 Å². The number of aliphatic carboxylic acids is 1. The zero-order chi connectivity index (χ0) is 21.5. The third-order valence-corrected chi connectivity index (χ3v) is 5.88. The summed E-state index contributed by atoms with van der Waals surface area (Å²) >= 11 is 1.25. The Balaban J connectivity index is 1.80. The molecule has 1 atom stereocenters. The molecule has 0 aliphatic carbocycles. The maximum atomic E-state index is 12.9. The molecule has 1 unspecified atom stereocenters. The van der Waals surface area contributed by atoms with E-state index < -0.39 is 24.5 Å². The Morgan fingerprint density at radius 1 is 1.20 bits per heavy atom. The highest BCUT2D eigenvalue weighted by Crippen LogP contribution is 2.29. The quantitative estimate of drug-likeness (QED) is 0.473. The highest BCUT2D eigenvalue weighted by Gasteiger charge is 2.28. The van der Waals surface area contributed by atoms with Crippen molar-refractivity contribution in [1.29, 1.82) is 0 Å². The average Bonchev–Trinajstić information content (AvgIpc) is 3.21. The van der Waals surface area contributed by atoms with Crippen molar-refractivity contribution in [2.45, 2.75) is 18.9 Å². The lowest BCUT2D eigenvalue weighted by Gasteiger charge is -2.30. The van der Waals surface area contributed by atoms with Crippen molar-refractivity contribution in [2.75, 3.05) is 32.8 Å². The highest BCUT2D eigenvalue weighted by atomic mass is 32.1. The fourth-order valence-corrected chi connectivity index (χ4v) is 4.20. The van der Waals surface area contributed by atoms with Gasteiger partial charge in [0.15, 0.2) is 0 Å². The van der Waals surface area contributed by atoms with Gasteiger partial charge in [0.1, 0.15) is 16.7 Å². The van der Waals surface area contributed by atoms with E-state index in [4.69, 9.17) is 5.11 Å². The highest BCUT2D eigenvalue weighted by molar-refractivity contribution is 7.15. The molecule has 1 aromatic heterocycles. The Labute approximate surface area is 177 Å². The zero-order valence-electron chi connectivity index (χ0n) is 16.3. The van der Waals surface area contributed by atoms with Crippen LogP contribution in [0, 0.1) is 0 Å². The molecule has 30 heavy (non-hydrogen) atoms. The number of hydrogen-bond acceptors (Lipinski definition) is 7. The molecule has 10 heteroatoms. The number of benzene rings is 1. The lowest BCUT2D eigenvalue weighted by molar-refractivity contribution is -0.137.